The molecule has 1 aromatic carbocycles. The zero-order valence-corrected chi connectivity index (χ0v) is 18.4. The molecule has 2 heterocycles. The number of aryl methyl sites for hydroxylation is 2. The number of hydrogen-bond acceptors (Lipinski definition) is 6. The van der Waals surface area contributed by atoms with Crippen LogP contribution in [0.4, 0.5) is 0 Å². The van der Waals surface area contributed by atoms with E-state index in [1.54, 1.807) is 6.92 Å². The molecule has 2 N–H and O–H groups in total. The molecular weight excluding hydrogens is 392 g/mol. The van der Waals surface area contributed by atoms with Gasteiger partial charge >= 0.3 is 0 Å². The Morgan fingerprint density at radius 2 is 1.90 bits per heavy atom. The van der Waals surface area contributed by atoms with E-state index in [9.17, 15) is 4.79 Å². The van der Waals surface area contributed by atoms with Crippen molar-refractivity contribution < 1.29 is 9.32 Å². The molecule has 31 heavy (non-hydrogen) atoms. The first-order valence-electron chi connectivity index (χ1n) is 10.9. The van der Waals surface area contributed by atoms with Crippen LogP contribution in [0, 0.1) is 20.8 Å². The number of amides is 1. The predicted molar refractivity (Wildman–Crippen MR) is 116 cm³/mol. The van der Waals surface area contributed by atoms with E-state index in [0.29, 0.717) is 18.3 Å². The van der Waals surface area contributed by atoms with Crippen LogP contribution in [-0.2, 0) is 23.4 Å². The highest BCUT2D eigenvalue weighted by Crippen LogP contribution is 2.37. The highest BCUT2D eigenvalue weighted by atomic mass is 16.5. The fourth-order valence-corrected chi connectivity index (χ4v) is 4.35. The fraction of sp³-hybridized carbons (Fsp3) is 0.478. The van der Waals surface area contributed by atoms with Gasteiger partial charge in [-0.1, -0.05) is 48.3 Å². The maximum atomic E-state index is 12.6. The first kappa shape index (κ1) is 21.2. The van der Waals surface area contributed by atoms with Crippen LogP contribution >= 0.6 is 0 Å². The van der Waals surface area contributed by atoms with Gasteiger partial charge in [0.25, 0.3) is 0 Å². The van der Waals surface area contributed by atoms with Gasteiger partial charge in [-0.2, -0.15) is 10.1 Å². The molecule has 1 aliphatic carbocycles. The third-order valence-electron chi connectivity index (χ3n) is 6.17. The summed E-state index contributed by atoms with van der Waals surface area (Å²) in [6.07, 6.45) is 3.98. The molecule has 4 rings (SSSR count). The number of aromatic nitrogens is 4. The van der Waals surface area contributed by atoms with Crippen molar-refractivity contribution in [2.45, 2.75) is 65.1 Å². The Hall–Kier alpha value is -3.00. The van der Waals surface area contributed by atoms with Crippen LogP contribution in [-0.4, -0.2) is 32.4 Å². The molecule has 0 radical (unpaired) electrons. The molecule has 3 aromatic rings. The lowest BCUT2D eigenvalue weighted by Crippen LogP contribution is -2.46. The third kappa shape index (κ3) is 4.69. The molecule has 164 valence electrons. The molecular formula is C23H30N6O2. The predicted octanol–water partition coefficient (Wildman–Crippen LogP) is 2.91. The molecule has 8 heteroatoms. The summed E-state index contributed by atoms with van der Waals surface area (Å²) in [5, 5.41) is 15.2. The first-order chi connectivity index (χ1) is 15.0. The van der Waals surface area contributed by atoms with E-state index in [2.05, 4.69) is 44.9 Å². The maximum absolute atomic E-state index is 12.6. The van der Waals surface area contributed by atoms with E-state index in [1.165, 1.54) is 5.56 Å². The summed E-state index contributed by atoms with van der Waals surface area (Å²) in [4.78, 5) is 17.0. The van der Waals surface area contributed by atoms with Gasteiger partial charge < -0.3 is 9.84 Å². The van der Waals surface area contributed by atoms with Gasteiger partial charge in [-0.25, -0.2) is 0 Å². The average molecular weight is 423 g/mol. The summed E-state index contributed by atoms with van der Waals surface area (Å²) in [6, 6.07) is 10.3. The van der Waals surface area contributed by atoms with E-state index in [-0.39, 0.29) is 18.0 Å². The van der Waals surface area contributed by atoms with Gasteiger partial charge in [0.2, 0.25) is 11.8 Å². The lowest BCUT2D eigenvalue weighted by Gasteiger charge is -2.26. The quantitative estimate of drug-likeness (QED) is 0.579. The number of carbonyl (C=O) groups excluding carboxylic acids is 1. The Kier molecular flexibility index (Phi) is 6.18. The van der Waals surface area contributed by atoms with Crippen LogP contribution in [0.15, 0.2) is 34.9 Å². The van der Waals surface area contributed by atoms with Crippen LogP contribution in [0.1, 0.15) is 59.9 Å². The number of nitrogens with zero attached hydrogens (tertiary/aromatic N) is 4. The highest BCUT2D eigenvalue weighted by Gasteiger charge is 2.39. The number of rotatable bonds is 8. The van der Waals surface area contributed by atoms with Gasteiger partial charge in [0.05, 0.1) is 24.3 Å². The second-order valence-corrected chi connectivity index (χ2v) is 8.35. The molecule has 1 fully saturated rings. The standard InChI is InChI=1S/C23H30N6O2/c1-16-20(17(2)29(27-16)15-19-9-5-4-6-10-19)13-24-21(30)14-25-23(11-7-8-12-23)22-26-18(3)31-28-22/h4-6,9-10,25H,7-8,11-15H2,1-3H3,(H,24,30). The molecule has 1 aliphatic rings. The van der Waals surface area contributed by atoms with Crippen LogP contribution in [0.25, 0.3) is 0 Å². The normalized spacial score (nSPS) is 15.3. The van der Waals surface area contributed by atoms with Crippen molar-refractivity contribution in [1.82, 2.24) is 30.6 Å². The van der Waals surface area contributed by atoms with Gasteiger partial charge in [-0.15, -0.1) is 0 Å². The molecule has 0 atom stereocenters. The first-order valence-corrected chi connectivity index (χ1v) is 10.9. The molecule has 0 bridgehead atoms. The van der Waals surface area contributed by atoms with Crippen molar-refractivity contribution in [3.05, 3.63) is 64.6 Å². The summed E-state index contributed by atoms with van der Waals surface area (Å²) in [6.45, 7) is 7.21. The van der Waals surface area contributed by atoms with E-state index < -0.39 is 0 Å². The van der Waals surface area contributed by atoms with Gasteiger partial charge in [0.1, 0.15) is 0 Å². The van der Waals surface area contributed by atoms with Crippen molar-refractivity contribution in [3.63, 3.8) is 0 Å². The molecule has 1 saturated carbocycles. The van der Waals surface area contributed by atoms with E-state index in [1.807, 2.05) is 29.8 Å². The van der Waals surface area contributed by atoms with E-state index in [4.69, 9.17) is 4.52 Å². The molecule has 2 aromatic heterocycles. The van der Waals surface area contributed by atoms with Crippen LogP contribution in [0.5, 0.6) is 0 Å². The molecule has 0 saturated heterocycles. The van der Waals surface area contributed by atoms with Crippen LogP contribution in [0.3, 0.4) is 0 Å². The highest BCUT2D eigenvalue weighted by molar-refractivity contribution is 5.78. The van der Waals surface area contributed by atoms with E-state index >= 15 is 0 Å². The number of hydrogen-bond donors (Lipinski definition) is 2. The minimum absolute atomic E-state index is 0.0545. The Bertz CT molecular complexity index is 1030. The van der Waals surface area contributed by atoms with Gasteiger partial charge in [-0.3, -0.25) is 14.8 Å². The molecule has 0 unspecified atom stereocenters. The Morgan fingerprint density at radius 1 is 1.16 bits per heavy atom. The molecule has 0 spiro atoms. The number of benzene rings is 1. The summed E-state index contributed by atoms with van der Waals surface area (Å²) < 4.78 is 7.17. The fourth-order valence-electron chi connectivity index (χ4n) is 4.35. The zero-order chi connectivity index (χ0) is 21.8. The van der Waals surface area contributed by atoms with Crippen molar-refractivity contribution >= 4 is 5.91 Å². The largest absolute Gasteiger partial charge is 0.351 e. The SMILES string of the molecule is Cc1nc(C2(NCC(=O)NCc3c(C)nn(Cc4ccccc4)c3C)CCCC2)no1. The monoisotopic (exact) mass is 422 g/mol. The van der Waals surface area contributed by atoms with Crippen molar-refractivity contribution in [2.24, 2.45) is 0 Å². The lowest BCUT2D eigenvalue weighted by atomic mass is 9.96. The lowest BCUT2D eigenvalue weighted by molar-refractivity contribution is -0.120. The zero-order valence-electron chi connectivity index (χ0n) is 18.4. The van der Waals surface area contributed by atoms with Crippen LogP contribution < -0.4 is 10.6 Å². The van der Waals surface area contributed by atoms with Gasteiger partial charge in [-0.05, 0) is 32.3 Å². The van der Waals surface area contributed by atoms with E-state index in [0.717, 1.165) is 49.2 Å². The number of carbonyl (C=O) groups is 1. The topological polar surface area (TPSA) is 97.9 Å². The minimum Gasteiger partial charge on any atom is -0.351 e. The van der Waals surface area contributed by atoms with Gasteiger partial charge in [0.15, 0.2) is 5.82 Å². The Morgan fingerprint density at radius 3 is 2.58 bits per heavy atom. The molecule has 8 nitrogen and oxygen atoms in total. The third-order valence-corrected chi connectivity index (χ3v) is 6.17. The summed E-state index contributed by atoms with van der Waals surface area (Å²) >= 11 is 0. The summed E-state index contributed by atoms with van der Waals surface area (Å²) in [5.74, 6) is 1.15. The Labute approximate surface area is 182 Å². The minimum atomic E-state index is -0.374. The van der Waals surface area contributed by atoms with Crippen molar-refractivity contribution in [3.8, 4) is 0 Å². The summed E-state index contributed by atoms with van der Waals surface area (Å²) in [5.41, 5.74) is 3.90. The van der Waals surface area contributed by atoms with Crippen molar-refractivity contribution in [1.29, 1.82) is 0 Å². The summed E-state index contributed by atoms with van der Waals surface area (Å²) in [7, 11) is 0. The van der Waals surface area contributed by atoms with Gasteiger partial charge in [0, 0.05) is 24.7 Å². The smallest absolute Gasteiger partial charge is 0.234 e. The molecule has 0 aliphatic heterocycles. The van der Waals surface area contributed by atoms with Crippen LogP contribution in [0.2, 0.25) is 0 Å². The molecule has 1 amide bonds. The second-order valence-electron chi connectivity index (χ2n) is 8.35. The van der Waals surface area contributed by atoms with Crippen molar-refractivity contribution in [2.75, 3.05) is 6.54 Å². The maximum Gasteiger partial charge on any atom is 0.234 e. The second kappa shape index (κ2) is 9.01. The Balaban J connectivity index is 1.35. The number of nitrogens with one attached hydrogen (secondary N) is 2. The average Bonchev–Trinajstić information content (AvgIpc) is 3.47.